The van der Waals surface area contributed by atoms with Gasteiger partial charge in [0.05, 0.1) is 11.0 Å². The van der Waals surface area contributed by atoms with Gasteiger partial charge in [-0.1, -0.05) is 140 Å². The summed E-state index contributed by atoms with van der Waals surface area (Å²) in [4.78, 5) is 12.9. The maximum Gasteiger partial charge on any atom is 0.163 e. The highest BCUT2D eigenvalue weighted by atomic mass is 15.2. The minimum atomic E-state index is 0.673. The first kappa shape index (κ1) is 31.7. The number of benzene rings is 5. The second-order valence-corrected chi connectivity index (χ2v) is 13.7. The van der Waals surface area contributed by atoms with E-state index in [1.165, 1.54) is 44.5 Å². The number of hydrogen-bond acceptors (Lipinski definition) is 3. The van der Waals surface area contributed by atoms with Gasteiger partial charge in [-0.05, 0) is 42.5 Å². The van der Waals surface area contributed by atoms with Crippen molar-refractivity contribution in [2.45, 2.75) is 19.3 Å². The molecular weight excluding hydrogens is 659 g/mol. The molecule has 0 spiro atoms. The van der Waals surface area contributed by atoms with Gasteiger partial charge in [-0.2, -0.15) is 0 Å². The molecule has 2 aliphatic carbocycles. The number of allylic oxidation sites excluding steroid dienone is 6. The zero-order chi connectivity index (χ0) is 35.8. The van der Waals surface area contributed by atoms with E-state index in [1.54, 1.807) is 0 Å². The molecule has 258 valence electrons. The van der Waals surface area contributed by atoms with Crippen molar-refractivity contribution < 1.29 is 0 Å². The summed E-state index contributed by atoms with van der Waals surface area (Å²) < 4.78 is 4.87. The highest BCUT2D eigenvalue weighted by Gasteiger charge is 2.24. The van der Waals surface area contributed by atoms with Gasteiger partial charge in [0, 0.05) is 81.3 Å². The third-order valence-corrected chi connectivity index (χ3v) is 10.5. The maximum atomic E-state index is 5.37. The van der Waals surface area contributed by atoms with E-state index >= 15 is 0 Å². The van der Waals surface area contributed by atoms with Gasteiger partial charge in [0.2, 0.25) is 0 Å². The van der Waals surface area contributed by atoms with Crippen LogP contribution in [0.1, 0.15) is 28.9 Å². The molecule has 0 saturated carbocycles. The van der Waals surface area contributed by atoms with Crippen LogP contribution in [0.3, 0.4) is 0 Å². The summed E-state index contributed by atoms with van der Waals surface area (Å²) in [5.41, 5.74) is 11.7. The number of nitrogens with zero attached hydrogens (tertiary/aromatic N) is 5. The lowest BCUT2D eigenvalue weighted by molar-refractivity contribution is 0.937. The van der Waals surface area contributed by atoms with Crippen LogP contribution in [0.4, 0.5) is 17.2 Å². The Morgan fingerprint density at radius 2 is 1.07 bits per heavy atom. The molecule has 3 aromatic heterocycles. The summed E-state index contributed by atoms with van der Waals surface area (Å²) in [5, 5.41) is 2.48. The van der Waals surface area contributed by atoms with E-state index in [4.69, 9.17) is 9.97 Å². The maximum absolute atomic E-state index is 5.37. The Kier molecular flexibility index (Phi) is 7.95. The Balaban J connectivity index is 1.23. The predicted octanol–water partition coefficient (Wildman–Crippen LogP) is 12.1. The topological polar surface area (TPSA) is 38.9 Å². The first-order chi connectivity index (χ1) is 26.8. The van der Waals surface area contributed by atoms with Crippen LogP contribution in [0.5, 0.6) is 0 Å². The number of anilines is 3. The summed E-state index contributed by atoms with van der Waals surface area (Å²) in [6, 6.07) is 50.9. The van der Waals surface area contributed by atoms with E-state index in [0.717, 1.165) is 53.4 Å². The van der Waals surface area contributed by atoms with Crippen LogP contribution >= 0.6 is 0 Å². The van der Waals surface area contributed by atoms with Gasteiger partial charge in [0.15, 0.2) is 5.82 Å². The van der Waals surface area contributed by atoms with Gasteiger partial charge in [-0.25, -0.2) is 9.97 Å². The average molecular weight is 696 g/mol. The second-order valence-electron chi connectivity index (χ2n) is 13.7. The molecular formula is C49H37N5. The van der Waals surface area contributed by atoms with Crippen LogP contribution in [-0.2, 0) is 12.8 Å². The lowest BCUT2D eigenvalue weighted by Crippen LogP contribution is -2.14. The minimum absolute atomic E-state index is 0.673. The minimum Gasteiger partial charge on any atom is -0.316 e. The molecule has 0 saturated heterocycles. The monoisotopic (exact) mass is 695 g/mol. The molecule has 5 aromatic carbocycles. The number of hydrogen-bond donors (Lipinski definition) is 0. The van der Waals surface area contributed by atoms with E-state index in [0.29, 0.717) is 5.82 Å². The van der Waals surface area contributed by atoms with Crippen LogP contribution in [0.25, 0.3) is 56.9 Å². The molecule has 0 bridgehead atoms. The van der Waals surface area contributed by atoms with Gasteiger partial charge in [-0.15, -0.1) is 0 Å². The third-order valence-electron chi connectivity index (χ3n) is 10.5. The summed E-state index contributed by atoms with van der Waals surface area (Å²) in [6.07, 6.45) is 18.4. The lowest BCUT2D eigenvalue weighted by atomic mass is 10.0. The summed E-state index contributed by atoms with van der Waals surface area (Å²) in [5.74, 6) is 2.29. The molecule has 5 heteroatoms. The van der Waals surface area contributed by atoms with E-state index in [9.17, 15) is 0 Å². The van der Waals surface area contributed by atoms with Gasteiger partial charge >= 0.3 is 0 Å². The molecule has 5 nitrogen and oxygen atoms in total. The molecule has 2 aliphatic rings. The predicted molar refractivity (Wildman–Crippen MR) is 224 cm³/mol. The van der Waals surface area contributed by atoms with Gasteiger partial charge < -0.3 is 4.57 Å². The molecule has 0 aliphatic heterocycles. The second kappa shape index (κ2) is 13.5. The summed E-state index contributed by atoms with van der Waals surface area (Å²) in [7, 11) is 0. The van der Waals surface area contributed by atoms with E-state index < -0.39 is 0 Å². The van der Waals surface area contributed by atoms with Crippen LogP contribution < -0.4 is 4.90 Å². The Labute approximate surface area is 314 Å². The van der Waals surface area contributed by atoms with Crippen molar-refractivity contribution in [3.63, 3.8) is 0 Å². The number of rotatable bonds is 6. The van der Waals surface area contributed by atoms with Crippen molar-refractivity contribution in [3.05, 3.63) is 198 Å². The van der Waals surface area contributed by atoms with Crippen molar-refractivity contribution in [3.8, 4) is 17.2 Å². The lowest BCUT2D eigenvalue weighted by Gasteiger charge is -2.25. The van der Waals surface area contributed by atoms with Crippen molar-refractivity contribution in [2.75, 3.05) is 4.90 Å². The molecule has 3 heterocycles. The molecule has 54 heavy (non-hydrogen) atoms. The van der Waals surface area contributed by atoms with Crippen LogP contribution in [-0.4, -0.2) is 19.1 Å². The number of para-hydroxylation sites is 4. The number of fused-ring (bicyclic) bond motifs is 6. The molecule has 0 radical (unpaired) electrons. The Morgan fingerprint density at radius 3 is 1.80 bits per heavy atom. The molecule has 0 fully saturated rings. The van der Waals surface area contributed by atoms with Gasteiger partial charge in [0.1, 0.15) is 11.6 Å². The summed E-state index contributed by atoms with van der Waals surface area (Å²) in [6.45, 7) is 0. The van der Waals surface area contributed by atoms with Crippen LogP contribution in [0, 0.1) is 0 Å². The number of aromatic nitrogens is 4. The standard InChI is InChI=1S/C49H37N5/c1-5-19-35(20-6-1)49-50-47(52(36-21-7-2-8-22-36)37-23-9-3-10-24-37)34-48(51-49)54-45-31-18-15-28-41(45)42-33-38(25-13-16-32-46(42)54)53-43-29-12-4-11-26-39(43)40-27-14-17-30-44(40)53/h1-24,26-28,30-31,33-34H,25,29,32H2/b16-13?,38-33+. The van der Waals surface area contributed by atoms with E-state index in [2.05, 4.69) is 172 Å². The SMILES string of the molecule is C1=CCc2c(c3ccccc3n2/C2=C/c3c(n(-c4cc(N(c5ccccc5)c5ccccc5)nc(-c5ccccc5)n4)c4ccccc34)CC=CC2)C=C1. The largest absolute Gasteiger partial charge is 0.316 e. The van der Waals surface area contributed by atoms with Crippen molar-refractivity contribution >= 4 is 56.8 Å². The fourth-order valence-corrected chi connectivity index (χ4v) is 8.10. The summed E-state index contributed by atoms with van der Waals surface area (Å²) >= 11 is 0. The zero-order valence-corrected chi connectivity index (χ0v) is 29.8. The van der Waals surface area contributed by atoms with E-state index in [1.807, 2.05) is 30.3 Å². The molecule has 8 aromatic rings. The fourth-order valence-electron chi connectivity index (χ4n) is 8.10. The van der Waals surface area contributed by atoms with Crippen LogP contribution in [0.2, 0.25) is 0 Å². The fraction of sp³-hybridized carbons (Fsp3) is 0.0612. The van der Waals surface area contributed by atoms with Gasteiger partial charge in [0.25, 0.3) is 0 Å². The van der Waals surface area contributed by atoms with Crippen molar-refractivity contribution in [1.82, 2.24) is 19.1 Å². The van der Waals surface area contributed by atoms with Crippen LogP contribution in [0.15, 0.2) is 176 Å². The van der Waals surface area contributed by atoms with Crippen molar-refractivity contribution in [2.24, 2.45) is 0 Å². The molecule has 0 amide bonds. The Bertz CT molecular complexity index is 2740. The Hall–Kier alpha value is -6.98. The molecule has 0 N–H and O–H groups in total. The Morgan fingerprint density at radius 1 is 0.500 bits per heavy atom. The average Bonchev–Trinajstić information content (AvgIpc) is 3.56. The van der Waals surface area contributed by atoms with Crippen molar-refractivity contribution in [1.29, 1.82) is 0 Å². The molecule has 0 unspecified atom stereocenters. The van der Waals surface area contributed by atoms with E-state index in [-0.39, 0.29) is 0 Å². The first-order valence-electron chi connectivity index (χ1n) is 18.6. The quantitative estimate of drug-likeness (QED) is 0.163. The highest BCUT2D eigenvalue weighted by Crippen LogP contribution is 2.40. The zero-order valence-electron chi connectivity index (χ0n) is 29.8. The third kappa shape index (κ3) is 5.49. The van der Waals surface area contributed by atoms with Gasteiger partial charge in [-0.3, -0.25) is 9.47 Å². The normalized spacial score (nSPS) is 14.6. The highest BCUT2D eigenvalue weighted by molar-refractivity contribution is 5.99. The molecule has 10 rings (SSSR count). The smallest absolute Gasteiger partial charge is 0.163 e. The molecule has 0 atom stereocenters. The first-order valence-corrected chi connectivity index (χ1v) is 18.6.